The van der Waals surface area contributed by atoms with Gasteiger partial charge in [0.1, 0.15) is 0 Å². The van der Waals surface area contributed by atoms with Gasteiger partial charge in [0.2, 0.25) is 0 Å². The summed E-state index contributed by atoms with van der Waals surface area (Å²) in [7, 11) is -3.87. The number of ketones is 1. The van der Waals surface area contributed by atoms with Gasteiger partial charge >= 0.3 is 0 Å². The molecule has 0 saturated heterocycles. The maximum atomic E-state index is 13.3. The highest BCUT2D eigenvalue weighted by atomic mass is 32.2. The van der Waals surface area contributed by atoms with Crippen molar-refractivity contribution < 1.29 is 18.3 Å². The van der Waals surface area contributed by atoms with Crippen LogP contribution in [0.25, 0.3) is 0 Å². The van der Waals surface area contributed by atoms with Crippen molar-refractivity contribution in [3.8, 4) is 5.88 Å². The Morgan fingerprint density at radius 3 is 2.21 bits per heavy atom. The first-order chi connectivity index (χ1) is 18.5. The Kier molecular flexibility index (Phi) is 9.80. The SMILES string of the molecule is CCCCC(CC)Cn1c(O)c(C)c(C)c(N=Nc2ccc(S(=O)(=O)Nc3ccc(C(C)=O)cc3)cc2)c1=O. The monoisotopic (exact) mass is 552 g/mol. The molecule has 3 rings (SSSR count). The van der Waals surface area contributed by atoms with Crippen LogP contribution in [0.5, 0.6) is 5.88 Å². The number of aromatic hydroxyl groups is 1. The Balaban J connectivity index is 1.83. The minimum Gasteiger partial charge on any atom is -0.494 e. The van der Waals surface area contributed by atoms with Gasteiger partial charge in [0.15, 0.2) is 17.4 Å². The molecular formula is C29H36N4O5S. The van der Waals surface area contributed by atoms with Crippen molar-refractivity contribution in [1.29, 1.82) is 0 Å². The van der Waals surface area contributed by atoms with E-state index >= 15 is 0 Å². The second kappa shape index (κ2) is 12.8. The molecule has 0 bridgehead atoms. The van der Waals surface area contributed by atoms with Crippen LogP contribution in [-0.2, 0) is 16.6 Å². The Hall–Kier alpha value is -3.79. The van der Waals surface area contributed by atoms with Crippen LogP contribution in [0.15, 0.2) is 68.4 Å². The lowest BCUT2D eigenvalue weighted by Gasteiger charge is -2.19. The van der Waals surface area contributed by atoms with Crippen LogP contribution in [0.3, 0.4) is 0 Å². The molecule has 0 spiro atoms. The molecule has 3 aromatic rings. The van der Waals surface area contributed by atoms with Gasteiger partial charge in [-0.1, -0.05) is 33.1 Å². The number of anilines is 1. The topological polar surface area (TPSA) is 130 Å². The van der Waals surface area contributed by atoms with Crippen LogP contribution in [0, 0.1) is 19.8 Å². The molecule has 1 atom stereocenters. The fraction of sp³-hybridized carbons (Fsp3) is 0.379. The average Bonchev–Trinajstić information content (AvgIpc) is 2.92. The molecule has 0 saturated carbocycles. The first-order valence-corrected chi connectivity index (χ1v) is 14.5. The van der Waals surface area contributed by atoms with E-state index in [9.17, 15) is 23.1 Å². The molecule has 0 aliphatic heterocycles. The van der Waals surface area contributed by atoms with Crippen molar-refractivity contribution >= 4 is 32.9 Å². The molecule has 0 fully saturated rings. The third-order valence-corrected chi connectivity index (χ3v) is 8.29. The summed E-state index contributed by atoms with van der Waals surface area (Å²) in [4.78, 5) is 24.7. The number of rotatable bonds is 12. The number of Topliss-reactive ketones (excluding diaryl/α,β-unsaturated/α-hetero) is 1. The van der Waals surface area contributed by atoms with Crippen LogP contribution in [-0.4, -0.2) is 23.9 Å². The number of unbranched alkanes of at least 4 members (excludes halogenated alkanes) is 1. The normalized spacial score (nSPS) is 12.5. The van der Waals surface area contributed by atoms with Gasteiger partial charge in [0, 0.05) is 23.4 Å². The minimum atomic E-state index is -3.87. The van der Waals surface area contributed by atoms with Gasteiger partial charge in [0.25, 0.3) is 15.6 Å². The van der Waals surface area contributed by atoms with Gasteiger partial charge in [-0.15, -0.1) is 5.11 Å². The number of sulfonamides is 1. The fourth-order valence-electron chi connectivity index (χ4n) is 4.18. The largest absolute Gasteiger partial charge is 0.494 e. The summed E-state index contributed by atoms with van der Waals surface area (Å²) >= 11 is 0. The van der Waals surface area contributed by atoms with Gasteiger partial charge in [-0.3, -0.25) is 18.9 Å². The summed E-state index contributed by atoms with van der Waals surface area (Å²) in [6.07, 6.45) is 3.98. The van der Waals surface area contributed by atoms with E-state index in [2.05, 4.69) is 28.8 Å². The van der Waals surface area contributed by atoms with E-state index in [-0.39, 0.29) is 28.2 Å². The second-order valence-corrected chi connectivity index (χ2v) is 11.4. The molecule has 0 aliphatic rings. The standard InChI is InChI=1S/C29H36N4O5S/c1-6-8-9-22(7-2)18-33-28(35)20(4)19(3)27(29(33)36)31-30-24-14-16-26(17-15-24)39(37,38)32-25-12-10-23(11-13-25)21(5)34/h10-17,22,32,35H,6-9,18H2,1-5H3. The number of azo groups is 1. The molecule has 10 heteroatoms. The highest BCUT2D eigenvalue weighted by Gasteiger charge is 2.19. The maximum Gasteiger partial charge on any atom is 0.281 e. The van der Waals surface area contributed by atoms with Gasteiger partial charge < -0.3 is 5.11 Å². The van der Waals surface area contributed by atoms with E-state index in [1.807, 2.05) is 0 Å². The molecule has 39 heavy (non-hydrogen) atoms. The van der Waals surface area contributed by atoms with Gasteiger partial charge in [-0.25, -0.2) is 8.42 Å². The minimum absolute atomic E-state index is 0.0220. The van der Waals surface area contributed by atoms with Gasteiger partial charge in [-0.2, -0.15) is 5.11 Å². The molecule has 0 radical (unpaired) electrons. The van der Waals surface area contributed by atoms with Gasteiger partial charge in [0.05, 0.1) is 10.6 Å². The smallest absolute Gasteiger partial charge is 0.281 e. The molecule has 2 aromatic carbocycles. The lowest BCUT2D eigenvalue weighted by molar-refractivity contribution is 0.101. The Morgan fingerprint density at radius 2 is 1.64 bits per heavy atom. The predicted octanol–water partition coefficient (Wildman–Crippen LogP) is 6.81. The molecule has 9 nitrogen and oxygen atoms in total. The lowest BCUT2D eigenvalue weighted by atomic mass is 9.99. The number of hydrogen-bond acceptors (Lipinski definition) is 7. The summed E-state index contributed by atoms with van der Waals surface area (Å²) < 4.78 is 29.4. The fourth-order valence-corrected chi connectivity index (χ4v) is 5.24. The molecule has 1 aromatic heterocycles. The van der Waals surface area contributed by atoms with E-state index < -0.39 is 15.6 Å². The third-order valence-electron chi connectivity index (χ3n) is 6.90. The number of carbonyl (C=O) groups is 1. The zero-order valence-electron chi connectivity index (χ0n) is 23.1. The van der Waals surface area contributed by atoms with Crippen molar-refractivity contribution in [2.75, 3.05) is 4.72 Å². The van der Waals surface area contributed by atoms with Gasteiger partial charge in [-0.05, 0) is 87.2 Å². The molecule has 1 heterocycles. The molecule has 0 amide bonds. The first-order valence-electron chi connectivity index (χ1n) is 13.1. The van der Waals surface area contributed by atoms with Crippen LogP contribution in [0.1, 0.15) is 67.9 Å². The summed E-state index contributed by atoms with van der Waals surface area (Å²) in [5.41, 5.74) is 2.02. The van der Waals surface area contributed by atoms with Crippen LogP contribution in [0.4, 0.5) is 17.1 Å². The highest BCUT2D eigenvalue weighted by Crippen LogP contribution is 2.28. The van der Waals surface area contributed by atoms with Crippen LogP contribution < -0.4 is 10.3 Å². The number of nitrogens with one attached hydrogen (secondary N) is 1. The quantitative estimate of drug-likeness (QED) is 0.188. The van der Waals surface area contributed by atoms with Crippen LogP contribution >= 0.6 is 0 Å². The van der Waals surface area contributed by atoms with Crippen molar-refractivity contribution in [3.05, 3.63) is 75.6 Å². The van der Waals surface area contributed by atoms with Crippen molar-refractivity contribution in [2.45, 2.75) is 71.7 Å². The molecule has 208 valence electrons. The van der Waals surface area contributed by atoms with E-state index in [0.29, 0.717) is 34.6 Å². The number of hydrogen-bond donors (Lipinski definition) is 2. The van der Waals surface area contributed by atoms with E-state index in [1.165, 1.54) is 47.9 Å². The van der Waals surface area contributed by atoms with Crippen LogP contribution in [0.2, 0.25) is 0 Å². The van der Waals surface area contributed by atoms with E-state index in [4.69, 9.17) is 0 Å². The maximum absolute atomic E-state index is 13.3. The van der Waals surface area contributed by atoms with E-state index in [0.717, 1.165) is 25.7 Å². The summed E-state index contributed by atoms with van der Waals surface area (Å²) in [5.74, 6) is 0.0999. The number of nitrogens with zero attached hydrogens (tertiary/aromatic N) is 3. The Morgan fingerprint density at radius 1 is 1.00 bits per heavy atom. The molecule has 2 N–H and O–H groups in total. The number of carbonyl (C=O) groups excluding carboxylic acids is 1. The first kappa shape index (κ1) is 29.8. The number of aromatic nitrogens is 1. The number of benzene rings is 2. The average molecular weight is 553 g/mol. The Labute approximate surface area is 229 Å². The highest BCUT2D eigenvalue weighted by molar-refractivity contribution is 7.92. The lowest BCUT2D eigenvalue weighted by Crippen LogP contribution is -2.25. The zero-order valence-corrected chi connectivity index (χ0v) is 23.9. The molecular weight excluding hydrogens is 516 g/mol. The summed E-state index contributed by atoms with van der Waals surface area (Å²) in [5, 5.41) is 19.1. The second-order valence-electron chi connectivity index (χ2n) is 9.69. The van der Waals surface area contributed by atoms with Crippen molar-refractivity contribution in [3.63, 3.8) is 0 Å². The van der Waals surface area contributed by atoms with Crippen molar-refractivity contribution in [2.24, 2.45) is 16.1 Å². The third kappa shape index (κ3) is 7.20. The number of pyridine rings is 1. The van der Waals surface area contributed by atoms with E-state index in [1.54, 1.807) is 26.0 Å². The predicted molar refractivity (Wildman–Crippen MR) is 153 cm³/mol. The molecule has 1 unspecified atom stereocenters. The zero-order chi connectivity index (χ0) is 28.7. The molecule has 0 aliphatic carbocycles. The summed E-state index contributed by atoms with van der Waals surface area (Å²) in [6.45, 7) is 9.50. The van der Waals surface area contributed by atoms with Crippen molar-refractivity contribution in [1.82, 2.24) is 4.57 Å². The Bertz CT molecular complexity index is 1510. The summed E-state index contributed by atoms with van der Waals surface area (Å²) in [6, 6.07) is 11.9.